The first-order valence-electron chi connectivity index (χ1n) is 8.37. The fraction of sp³-hybridized carbons (Fsp3) is 0.300. The number of Topliss-reactive ketones (excluding diaryl/α,β-unsaturated/α-hetero) is 1. The van der Waals surface area contributed by atoms with Crippen molar-refractivity contribution in [3.05, 3.63) is 59.1 Å². The molecule has 1 N–H and O–H groups in total. The van der Waals surface area contributed by atoms with Crippen LogP contribution in [0, 0.1) is 0 Å². The van der Waals surface area contributed by atoms with Crippen LogP contribution in [0.15, 0.2) is 48.5 Å². The number of anilines is 1. The number of nitrogens with zero attached hydrogens (tertiary/aromatic N) is 1. The van der Waals surface area contributed by atoms with E-state index in [-0.39, 0.29) is 17.7 Å². The van der Waals surface area contributed by atoms with Crippen LogP contribution in [-0.2, 0) is 4.79 Å². The van der Waals surface area contributed by atoms with Gasteiger partial charge >= 0.3 is 0 Å². The summed E-state index contributed by atoms with van der Waals surface area (Å²) in [7, 11) is 1.88. The van der Waals surface area contributed by atoms with Gasteiger partial charge in [-0.15, -0.1) is 0 Å². The predicted molar refractivity (Wildman–Crippen MR) is 104 cm³/mol. The zero-order chi connectivity index (χ0) is 19.1. The van der Waals surface area contributed by atoms with Crippen LogP contribution in [0.4, 0.5) is 5.69 Å². The van der Waals surface area contributed by atoms with Crippen LogP contribution >= 0.6 is 11.6 Å². The molecule has 0 bridgehead atoms. The molecule has 0 fully saturated rings. The molecular formula is C20H23ClN2O3. The smallest absolute Gasteiger partial charge is 0.221 e. The molecule has 0 aliphatic carbocycles. The highest BCUT2D eigenvalue weighted by molar-refractivity contribution is 6.30. The summed E-state index contributed by atoms with van der Waals surface area (Å²) >= 11 is 5.93. The van der Waals surface area contributed by atoms with Crippen molar-refractivity contribution in [3.63, 3.8) is 0 Å². The van der Waals surface area contributed by atoms with Crippen molar-refractivity contribution in [3.8, 4) is 5.75 Å². The lowest BCUT2D eigenvalue weighted by Gasteiger charge is -2.23. The number of carbonyl (C=O) groups is 2. The zero-order valence-electron chi connectivity index (χ0n) is 15.2. The number of ketones is 1. The first-order valence-corrected chi connectivity index (χ1v) is 8.75. The third-order valence-corrected chi connectivity index (χ3v) is 4.27. The molecule has 138 valence electrons. The maximum absolute atomic E-state index is 12.6. The Morgan fingerprint density at radius 3 is 2.50 bits per heavy atom. The average Bonchev–Trinajstić information content (AvgIpc) is 2.60. The van der Waals surface area contributed by atoms with Gasteiger partial charge in [-0.25, -0.2) is 0 Å². The molecule has 0 saturated carbocycles. The number of carbonyl (C=O) groups excluding carboxylic acids is 2. The van der Waals surface area contributed by atoms with Gasteiger partial charge in [-0.05, 0) is 56.4 Å². The zero-order valence-corrected chi connectivity index (χ0v) is 15.9. The van der Waals surface area contributed by atoms with Crippen LogP contribution in [0.5, 0.6) is 5.75 Å². The standard InChI is InChI=1S/C20H23ClN2O3/c1-14(20(25)16-7-9-18(10-8-16)22-15(2)24)23(3)11-12-26-19-6-4-5-17(21)13-19/h4-10,13-14H,11-12H2,1-3H3,(H,22,24). The molecule has 2 aromatic rings. The van der Waals surface area contributed by atoms with Crippen molar-refractivity contribution in [2.45, 2.75) is 19.9 Å². The summed E-state index contributed by atoms with van der Waals surface area (Å²) in [6, 6.07) is 13.8. The van der Waals surface area contributed by atoms with E-state index in [1.165, 1.54) is 6.92 Å². The highest BCUT2D eigenvalue weighted by atomic mass is 35.5. The van der Waals surface area contributed by atoms with Crippen molar-refractivity contribution < 1.29 is 14.3 Å². The van der Waals surface area contributed by atoms with E-state index >= 15 is 0 Å². The van der Waals surface area contributed by atoms with Gasteiger partial charge in [0.2, 0.25) is 5.91 Å². The fourth-order valence-electron chi connectivity index (χ4n) is 2.42. The average molecular weight is 375 g/mol. The number of rotatable bonds is 8. The van der Waals surface area contributed by atoms with Gasteiger partial charge in [0.25, 0.3) is 0 Å². The molecule has 2 rings (SSSR count). The second-order valence-electron chi connectivity index (χ2n) is 6.09. The lowest BCUT2D eigenvalue weighted by Crippen LogP contribution is -2.38. The number of amides is 1. The minimum Gasteiger partial charge on any atom is -0.492 e. The molecule has 2 aromatic carbocycles. The number of nitrogens with one attached hydrogen (secondary N) is 1. The molecule has 1 unspecified atom stereocenters. The first kappa shape index (κ1) is 19.9. The first-order chi connectivity index (χ1) is 12.4. The van der Waals surface area contributed by atoms with E-state index in [1.807, 2.05) is 31.0 Å². The van der Waals surface area contributed by atoms with Crippen LogP contribution in [0.1, 0.15) is 24.2 Å². The lowest BCUT2D eigenvalue weighted by atomic mass is 10.0. The van der Waals surface area contributed by atoms with Crippen LogP contribution in [0.3, 0.4) is 0 Å². The van der Waals surface area contributed by atoms with Gasteiger partial charge in [0.15, 0.2) is 5.78 Å². The van der Waals surface area contributed by atoms with Gasteiger partial charge in [-0.2, -0.15) is 0 Å². The Kier molecular flexibility index (Phi) is 7.18. The molecule has 26 heavy (non-hydrogen) atoms. The monoisotopic (exact) mass is 374 g/mol. The number of halogens is 1. The molecule has 0 radical (unpaired) electrons. The minimum atomic E-state index is -0.287. The Morgan fingerprint density at radius 1 is 1.19 bits per heavy atom. The van der Waals surface area contributed by atoms with Crippen LogP contribution < -0.4 is 10.1 Å². The summed E-state index contributed by atoms with van der Waals surface area (Å²) in [4.78, 5) is 25.6. The van der Waals surface area contributed by atoms with Crippen LogP contribution in [0.2, 0.25) is 5.02 Å². The van der Waals surface area contributed by atoms with Crippen molar-refractivity contribution in [1.82, 2.24) is 4.90 Å². The third kappa shape index (κ3) is 5.86. The summed E-state index contributed by atoms with van der Waals surface area (Å²) in [6.07, 6.45) is 0. The summed E-state index contributed by atoms with van der Waals surface area (Å²) in [5, 5.41) is 3.31. The normalized spacial score (nSPS) is 11.9. The highest BCUT2D eigenvalue weighted by Gasteiger charge is 2.19. The molecule has 0 aliphatic rings. The predicted octanol–water partition coefficient (Wildman–Crippen LogP) is 3.88. The third-order valence-electron chi connectivity index (χ3n) is 4.04. The second kappa shape index (κ2) is 9.36. The van der Waals surface area contributed by atoms with E-state index in [2.05, 4.69) is 5.32 Å². The van der Waals surface area contributed by atoms with E-state index in [0.29, 0.717) is 35.2 Å². The number of ether oxygens (including phenoxy) is 1. The number of hydrogen-bond acceptors (Lipinski definition) is 4. The Balaban J connectivity index is 1.87. The largest absolute Gasteiger partial charge is 0.492 e. The molecule has 6 heteroatoms. The van der Waals surface area contributed by atoms with Crippen molar-refractivity contribution in [1.29, 1.82) is 0 Å². The van der Waals surface area contributed by atoms with Crippen molar-refractivity contribution >= 4 is 29.0 Å². The van der Waals surface area contributed by atoms with E-state index in [1.54, 1.807) is 36.4 Å². The molecule has 5 nitrogen and oxygen atoms in total. The second-order valence-corrected chi connectivity index (χ2v) is 6.52. The minimum absolute atomic E-state index is 0.0182. The molecule has 1 atom stereocenters. The Morgan fingerprint density at radius 2 is 1.88 bits per heavy atom. The molecule has 1 amide bonds. The maximum Gasteiger partial charge on any atom is 0.221 e. The molecule has 0 aromatic heterocycles. The van der Waals surface area contributed by atoms with E-state index < -0.39 is 0 Å². The van der Waals surface area contributed by atoms with Gasteiger partial charge in [0, 0.05) is 29.7 Å². The lowest BCUT2D eigenvalue weighted by molar-refractivity contribution is -0.114. The number of likely N-dealkylation sites (N-methyl/N-ethyl adjacent to an activating group) is 1. The van der Waals surface area contributed by atoms with Crippen molar-refractivity contribution in [2.75, 3.05) is 25.5 Å². The molecule has 0 aliphatic heterocycles. The SMILES string of the molecule is CC(=O)Nc1ccc(C(=O)C(C)N(C)CCOc2cccc(Cl)c2)cc1. The molecule has 0 spiro atoms. The Bertz CT molecular complexity index is 762. The van der Waals surface area contributed by atoms with E-state index in [0.717, 1.165) is 0 Å². The molecule has 0 heterocycles. The molecular weight excluding hydrogens is 352 g/mol. The van der Waals surface area contributed by atoms with E-state index in [9.17, 15) is 9.59 Å². The number of hydrogen-bond donors (Lipinski definition) is 1. The van der Waals surface area contributed by atoms with Gasteiger partial charge in [0.1, 0.15) is 12.4 Å². The van der Waals surface area contributed by atoms with Gasteiger partial charge in [-0.1, -0.05) is 17.7 Å². The highest BCUT2D eigenvalue weighted by Crippen LogP contribution is 2.17. The van der Waals surface area contributed by atoms with E-state index in [4.69, 9.17) is 16.3 Å². The quantitative estimate of drug-likeness (QED) is 0.712. The summed E-state index contributed by atoms with van der Waals surface area (Å²) in [5.41, 5.74) is 1.28. The van der Waals surface area contributed by atoms with Gasteiger partial charge in [-0.3, -0.25) is 14.5 Å². The van der Waals surface area contributed by atoms with Gasteiger partial charge < -0.3 is 10.1 Å². The Labute approximate surface area is 158 Å². The summed E-state index contributed by atoms with van der Waals surface area (Å²) in [5.74, 6) is 0.583. The fourth-order valence-corrected chi connectivity index (χ4v) is 2.60. The summed E-state index contributed by atoms with van der Waals surface area (Å²) in [6.45, 7) is 4.37. The van der Waals surface area contributed by atoms with Gasteiger partial charge in [0.05, 0.1) is 6.04 Å². The Hall–Kier alpha value is -2.37. The topological polar surface area (TPSA) is 58.6 Å². The summed E-state index contributed by atoms with van der Waals surface area (Å²) < 4.78 is 5.67. The molecule has 0 saturated heterocycles. The maximum atomic E-state index is 12.6. The van der Waals surface area contributed by atoms with Crippen LogP contribution in [0.25, 0.3) is 0 Å². The van der Waals surface area contributed by atoms with Crippen LogP contribution in [-0.4, -0.2) is 42.8 Å². The number of benzene rings is 2. The van der Waals surface area contributed by atoms with Crippen molar-refractivity contribution in [2.24, 2.45) is 0 Å².